The third-order valence-corrected chi connectivity index (χ3v) is 3.76. The average molecular weight is 350 g/mol. The van der Waals surface area contributed by atoms with E-state index in [0.29, 0.717) is 19.7 Å². The Bertz CT molecular complexity index is 513. The van der Waals surface area contributed by atoms with Crippen LogP contribution < -0.4 is 0 Å². The summed E-state index contributed by atoms with van der Waals surface area (Å²) in [4.78, 5) is 12.5. The van der Waals surface area contributed by atoms with Crippen molar-refractivity contribution in [2.75, 3.05) is 19.7 Å². The highest BCUT2D eigenvalue weighted by atomic mass is 79.9. The summed E-state index contributed by atoms with van der Waals surface area (Å²) in [5, 5.41) is 8.74. The van der Waals surface area contributed by atoms with E-state index in [1.165, 1.54) is 12.1 Å². The molecule has 0 saturated carbocycles. The molecule has 1 fully saturated rings. The highest BCUT2D eigenvalue weighted by molar-refractivity contribution is 9.10. The van der Waals surface area contributed by atoms with Gasteiger partial charge in [0.15, 0.2) is 0 Å². The van der Waals surface area contributed by atoms with Gasteiger partial charge in [-0.1, -0.05) is 0 Å². The number of halogens is 3. The summed E-state index contributed by atoms with van der Waals surface area (Å²) in [5.41, 5.74) is -0.0182. The lowest BCUT2D eigenvalue weighted by Gasteiger charge is -2.32. The maximum Gasteiger partial charge on any atom is 0.306 e. The summed E-state index contributed by atoms with van der Waals surface area (Å²) in [6.07, 6.45) is -0.556. The van der Waals surface area contributed by atoms with Gasteiger partial charge in [-0.2, -0.15) is 0 Å². The fraction of sp³-hybridized carbons (Fsp3) is 0.462. The molecule has 1 unspecified atom stereocenters. The predicted octanol–water partition coefficient (Wildman–Crippen LogP) is 2.40. The van der Waals surface area contributed by atoms with Crippen LogP contribution >= 0.6 is 15.9 Å². The lowest BCUT2D eigenvalue weighted by molar-refractivity contribution is -0.142. The molecule has 4 nitrogen and oxygen atoms in total. The smallest absolute Gasteiger partial charge is 0.306 e. The first kappa shape index (κ1) is 15.3. The summed E-state index contributed by atoms with van der Waals surface area (Å²) in [7, 11) is 0. The van der Waals surface area contributed by atoms with Gasteiger partial charge < -0.3 is 9.84 Å². The van der Waals surface area contributed by atoms with Gasteiger partial charge in [0.2, 0.25) is 0 Å². The van der Waals surface area contributed by atoms with Crippen LogP contribution in [0.1, 0.15) is 12.0 Å². The largest absolute Gasteiger partial charge is 0.481 e. The molecule has 1 atom stereocenters. The van der Waals surface area contributed by atoms with Crippen LogP contribution in [0, 0.1) is 11.6 Å². The molecule has 7 heteroatoms. The van der Waals surface area contributed by atoms with Crippen LogP contribution in [0.4, 0.5) is 8.78 Å². The molecule has 1 saturated heterocycles. The quantitative estimate of drug-likeness (QED) is 0.848. The lowest BCUT2D eigenvalue weighted by Crippen LogP contribution is -2.43. The topological polar surface area (TPSA) is 49.8 Å². The molecule has 1 heterocycles. The Morgan fingerprint density at radius 1 is 1.50 bits per heavy atom. The molecule has 20 heavy (non-hydrogen) atoms. The van der Waals surface area contributed by atoms with Gasteiger partial charge in [0.25, 0.3) is 0 Å². The third kappa shape index (κ3) is 3.74. The van der Waals surface area contributed by atoms with Crippen LogP contribution in [0.5, 0.6) is 0 Å². The Labute approximate surface area is 123 Å². The molecule has 1 aliphatic rings. The van der Waals surface area contributed by atoms with Crippen LogP contribution in [0.3, 0.4) is 0 Å². The number of carboxylic acids is 1. The molecule has 0 radical (unpaired) electrons. The summed E-state index contributed by atoms with van der Waals surface area (Å²) < 4.78 is 33.1. The number of nitrogens with zero attached hydrogens (tertiary/aromatic N) is 1. The number of carboxylic acid groups (broad SMARTS) is 1. The minimum absolute atomic E-state index is 0.0182. The zero-order chi connectivity index (χ0) is 14.7. The van der Waals surface area contributed by atoms with Crippen LogP contribution in [-0.2, 0) is 16.1 Å². The Hall–Kier alpha value is -1.05. The first-order valence-electron chi connectivity index (χ1n) is 6.15. The Morgan fingerprint density at radius 2 is 2.25 bits per heavy atom. The van der Waals surface area contributed by atoms with Crippen LogP contribution in [-0.4, -0.2) is 41.8 Å². The zero-order valence-corrected chi connectivity index (χ0v) is 12.2. The van der Waals surface area contributed by atoms with E-state index >= 15 is 0 Å². The summed E-state index contributed by atoms with van der Waals surface area (Å²) in [6.45, 7) is 1.31. The molecular weight excluding hydrogens is 336 g/mol. The molecule has 0 bridgehead atoms. The minimum Gasteiger partial charge on any atom is -0.481 e. The van der Waals surface area contributed by atoms with Gasteiger partial charge in [-0.25, -0.2) is 8.78 Å². The van der Waals surface area contributed by atoms with Gasteiger partial charge in [-0.05, 0) is 28.1 Å². The van der Waals surface area contributed by atoms with Crippen molar-refractivity contribution in [2.45, 2.75) is 19.1 Å². The molecule has 1 N–H and O–H groups in total. The van der Waals surface area contributed by atoms with Crippen molar-refractivity contribution in [2.24, 2.45) is 0 Å². The van der Waals surface area contributed by atoms with Gasteiger partial charge in [-0.15, -0.1) is 0 Å². The minimum atomic E-state index is -0.948. The van der Waals surface area contributed by atoms with Crippen molar-refractivity contribution < 1.29 is 23.4 Å². The molecular formula is C13H14BrF2NO3. The first-order valence-corrected chi connectivity index (χ1v) is 6.95. The Kier molecular flexibility index (Phi) is 5.06. The Balaban J connectivity index is 2.06. The van der Waals surface area contributed by atoms with E-state index < -0.39 is 23.7 Å². The zero-order valence-electron chi connectivity index (χ0n) is 10.6. The number of hydrogen-bond acceptors (Lipinski definition) is 3. The van der Waals surface area contributed by atoms with Crippen LogP contribution in [0.2, 0.25) is 0 Å². The van der Waals surface area contributed by atoms with E-state index in [-0.39, 0.29) is 23.0 Å². The second-order valence-corrected chi connectivity index (χ2v) is 5.50. The fourth-order valence-corrected chi connectivity index (χ4v) is 2.55. The third-order valence-electron chi connectivity index (χ3n) is 3.15. The molecule has 110 valence electrons. The maximum absolute atomic E-state index is 13.9. The molecule has 1 aliphatic heterocycles. The van der Waals surface area contributed by atoms with E-state index in [0.717, 1.165) is 0 Å². The molecule has 1 aromatic carbocycles. The molecule has 1 aromatic rings. The fourth-order valence-electron chi connectivity index (χ4n) is 2.18. The number of ether oxygens (including phenoxy) is 1. The molecule has 0 amide bonds. The second-order valence-electron chi connectivity index (χ2n) is 4.65. The van der Waals surface area contributed by atoms with Crippen molar-refractivity contribution in [3.05, 3.63) is 33.8 Å². The average Bonchev–Trinajstić information content (AvgIpc) is 2.39. The van der Waals surface area contributed by atoms with Crippen molar-refractivity contribution in [3.8, 4) is 0 Å². The molecule has 0 aliphatic carbocycles. The van der Waals surface area contributed by atoms with Gasteiger partial charge >= 0.3 is 5.97 Å². The van der Waals surface area contributed by atoms with Crippen LogP contribution in [0.15, 0.2) is 16.6 Å². The van der Waals surface area contributed by atoms with Gasteiger partial charge in [0.05, 0.1) is 23.6 Å². The molecule has 0 aromatic heterocycles. The highest BCUT2D eigenvalue weighted by Gasteiger charge is 2.24. The van der Waals surface area contributed by atoms with Crippen LogP contribution in [0.25, 0.3) is 0 Å². The highest BCUT2D eigenvalue weighted by Crippen LogP contribution is 2.23. The summed E-state index contributed by atoms with van der Waals surface area (Å²) in [6, 6.07) is 2.53. The number of hydrogen-bond donors (Lipinski definition) is 1. The lowest BCUT2D eigenvalue weighted by atomic mass is 10.1. The summed E-state index contributed by atoms with van der Waals surface area (Å²) >= 11 is 3.03. The summed E-state index contributed by atoms with van der Waals surface area (Å²) in [5.74, 6) is -2.17. The second kappa shape index (κ2) is 6.60. The van der Waals surface area contributed by atoms with Gasteiger partial charge in [0.1, 0.15) is 11.6 Å². The van der Waals surface area contributed by atoms with Crippen molar-refractivity contribution in [3.63, 3.8) is 0 Å². The van der Waals surface area contributed by atoms with Gasteiger partial charge in [0, 0.05) is 25.2 Å². The monoisotopic (exact) mass is 349 g/mol. The molecule has 2 rings (SSSR count). The Morgan fingerprint density at radius 3 is 2.95 bits per heavy atom. The van der Waals surface area contributed by atoms with Crippen molar-refractivity contribution in [1.82, 2.24) is 4.90 Å². The molecule has 0 spiro atoms. The van der Waals surface area contributed by atoms with E-state index in [1.807, 2.05) is 0 Å². The van der Waals surface area contributed by atoms with Gasteiger partial charge in [-0.3, -0.25) is 9.69 Å². The van der Waals surface area contributed by atoms with E-state index in [2.05, 4.69) is 15.9 Å². The standard InChI is InChI=1S/C13H14BrF2NO3/c14-10-1-2-11(15)9(13(10)16)7-17-3-4-20-8(6-17)5-12(18)19/h1-2,8H,3-7H2,(H,18,19). The normalized spacial score (nSPS) is 20.1. The number of benzene rings is 1. The maximum atomic E-state index is 13.9. The van der Waals surface area contributed by atoms with E-state index in [1.54, 1.807) is 4.90 Å². The number of rotatable bonds is 4. The first-order chi connectivity index (χ1) is 9.47. The van der Waals surface area contributed by atoms with Crippen molar-refractivity contribution >= 4 is 21.9 Å². The number of aliphatic carboxylic acids is 1. The SMILES string of the molecule is O=C(O)CC1CN(Cc2c(F)ccc(Br)c2F)CCO1. The predicted molar refractivity (Wildman–Crippen MR) is 71.3 cm³/mol. The number of carbonyl (C=O) groups is 1. The van der Waals surface area contributed by atoms with E-state index in [9.17, 15) is 13.6 Å². The number of morpholine rings is 1. The van der Waals surface area contributed by atoms with Crippen molar-refractivity contribution in [1.29, 1.82) is 0 Å². The van der Waals surface area contributed by atoms with E-state index in [4.69, 9.17) is 9.84 Å².